The fourth-order valence-corrected chi connectivity index (χ4v) is 4.37. The van der Waals surface area contributed by atoms with Crippen molar-refractivity contribution in [3.63, 3.8) is 0 Å². The number of hydrogen-bond donors (Lipinski definition) is 6. The number of phenols is 5. The molecule has 0 amide bonds. The van der Waals surface area contributed by atoms with Gasteiger partial charge in [-0.25, -0.2) is 0 Å². The number of aromatic hydroxyl groups is 5. The van der Waals surface area contributed by atoms with Crippen LogP contribution in [0.2, 0.25) is 0 Å². The molecule has 0 saturated carbocycles. The maximum Gasteiger partial charge on any atom is 0.124 e. The normalized spacial score (nSPS) is 10.1. The Bertz CT molecular complexity index is 1380. The molecule has 0 aromatic heterocycles. The molecule has 0 bridgehead atoms. The van der Waals surface area contributed by atoms with Crippen LogP contribution in [-0.4, -0.2) is 25.5 Å². The van der Waals surface area contributed by atoms with Crippen LogP contribution in [-0.2, 0) is 11.1 Å². The van der Waals surface area contributed by atoms with Gasteiger partial charge in [-0.15, -0.1) is 12.6 Å². The van der Waals surface area contributed by atoms with E-state index in [1.807, 2.05) is 37.3 Å². The van der Waals surface area contributed by atoms with Gasteiger partial charge in [0.15, 0.2) is 0 Å². The first-order chi connectivity index (χ1) is 19.2. The Morgan fingerprint density at radius 1 is 0.575 bits per heavy atom. The lowest BCUT2D eigenvalue weighted by Gasteiger charge is -2.06. The molecule has 0 aliphatic carbocycles. The molecule has 0 fully saturated rings. The molecule has 0 radical (unpaired) electrons. The third-order valence-electron chi connectivity index (χ3n) is 5.80. The molecule has 206 valence electrons. The molecule has 0 aliphatic rings. The van der Waals surface area contributed by atoms with E-state index in [-0.39, 0.29) is 28.7 Å². The number of rotatable bonds is 4. The maximum absolute atomic E-state index is 9.58. The van der Waals surface area contributed by atoms with E-state index in [2.05, 4.69) is 22.1 Å². The first kappa shape index (κ1) is 30.4. The molecule has 5 rings (SSSR count). The van der Waals surface area contributed by atoms with Crippen molar-refractivity contribution in [2.45, 2.75) is 18.4 Å². The van der Waals surface area contributed by atoms with Gasteiger partial charge in [0, 0.05) is 42.2 Å². The third kappa shape index (κ3) is 8.17. The van der Waals surface area contributed by atoms with Crippen molar-refractivity contribution < 1.29 is 30.1 Å². The number of para-hydroxylation sites is 4. The Morgan fingerprint density at radius 2 is 0.900 bits per heavy atom. The fourth-order valence-electron chi connectivity index (χ4n) is 3.84. The molecule has 5 aromatic rings. The van der Waals surface area contributed by atoms with Gasteiger partial charge in [0.05, 0.1) is 6.61 Å². The molecule has 5 N–H and O–H groups in total. The predicted molar refractivity (Wildman–Crippen MR) is 165 cm³/mol. The highest BCUT2D eigenvalue weighted by Crippen LogP contribution is 2.35. The summed E-state index contributed by atoms with van der Waals surface area (Å²) in [6.07, 6.45) is 0. The first-order valence-corrected chi connectivity index (χ1v) is 13.1. The Hall–Kier alpha value is -4.16. The molecule has 0 spiro atoms. The second-order valence-electron chi connectivity index (χ2n) is 8.65. The summed E-state index contributed by atoms with van der Waals surface area (Å²) in [6, 6.07) is 31.3. The molecular weight excluding hydrogens is 543 g/mol. The zero-order chi connectivity index (χ0) is 29.1. The highest BCUT2D eigenvalue weighted by Gasteiger charge is 2.07. The Balaban J connectivity index is 0.000000166. The molecular formula is C32H31O6PS. The fraction of sp³-hybridized carbons (Fsp3) is 0.0625. The topological polar surface area (TPSA) is 110 Å². The maximum atomic E-state index is 9.58. The number of benzene rings is 5. The van der Waals surface area contributed by atoms with E-state index in [4.69, 9.17) is 4.52 Å². The average Bonchev–Trinajstić information content (AvgIpc) is 2.94. The summed E-state index contributed by atoms with van der Waals surface area (Å²) >= 11 is 4.19. The quantitative estimate of drug-likeness (QED) is 0.0964. The van der Waals surface area contributed by atoms with Crippen molar-refractivity contribution in [2.75, 3.05) is 0 Å². The average molecular weight is 575 g/mol. The van der Waals surface area contributed by atoms with Crippen LogP contribution in [0.1, 0.15) is 11.1 Å². The van der Waals surface area contributed by atoms with Gasteiger partial charge in [0.1, 0.15) is 28.7 Å². The number of hydrogen-bond acceptors (Lipinski definition) is 7. The lowest BCUT2D eigenvalue weighted by molar-refractivity contribution is 0.348. The monoisotopic (exact) mass is 574 g/mol. The molecule has 40 heavy (non-hydrogen) atoms. The van der Waals surface area contributed by atoms with Crippen LogP contribution in [0.4, 0.5) is 0 Å². The van der Waals surface area contributed by atoms with Gasteiger partial charge in [-0.05, 0) is 48.9 Å². The molecule has 1 atom stereocenters. The van der Waals surface area contributed by atoms with E-state index in [0.29, 0.717) is 28.9 Å². The van der Waals surface area contributed by atoms with Gasteiger partial charge in [-0.2, -0.15) is 0 Å². The molecule has 1 unspecified atom stereocenters. The molecule has 6 nitrogen and oxygen atoms in total. The number of aryl methyl sites for hydroxylation is 1. The van der Waals surface area contributed by atoms with Gasteiger partial charge >= 0.3 is 0 Å². The van der Waals surface area contributed by atoms with E-state index in [0.717, 1.165) is 16.0 Å². The van der Waals surface area contributed by atoms with E-state index in [1.54, 1.807) is 78.9 Å². The molecule has 0 aliphatic heterocycles. The zero-order valence-corrected chi connectivity index (χ0v) is 23.8. The highest BCUT2D eigenvalue weighted by atomic mass is 32.1. The summed E-state index contributed by atoms with van der Waals surface area (Å²) in [4.78, 5) is 0.836. The van der Waals surface area contributed by atoms with Crippen LogP contribution < -0.4 is 0 Å². The van der Waals surface area contributed by atoms with Crippen molar-refractivity contribution in [1.29, 1.82) is 0 Å². The van der Waals surface area contributed by atoms with Crippen molar-refractivity contribution in [3.8, 4) is 51.0 Å². The predicted octanol–water partition coefficient (Wildman–Crippen LogP) is 7.83. The van der Waals surface area contributed by atoms with Crippen LogP contribution in [0.3, 0.4) is 0 Å². The Labute approximate surface area is 241 Å². The minimum Gasteiger partial charge on any atom is -0.507 e. The van der Waals surface area contributed by atoms with Gasteiger partial charge in [0.25, 0.3) is 0 Å². The summed E-state index contributed by atoms with van der Waals surface area (Å²) in [5, 5.41) is 47.8. The number of thiol groups is 1. The summed E-state index contributed by atoms with van der Waals surface area (Å²) in [7, 11) is 2.15. The molecule has 5 aromatic carbocycles. The van der Waals surface area contributed by atoms with E-state index < -0.39 is 0 Å². The summed E-state index contributed by atoms with van der Waals surface area (Å²) in [6.45, 7) is 2.22. The van der Waals surface area contributed by atoms with Crippen LogP contribution in [0, 0.1) is 6.92 Å². The van der Waals surface area contributed by atoms with Crippen LogP contribution >= 0.6 is 22.1 Å². The van der Waals surface area contributed by atoms with Crippen molar-refractivity contribution in [3.05, 3.63) is 120 Å². The zero-order valence-electron chi connectivity index (χ0n) is 21.8. The van der Waals surface area contributed by atoms with E-state index in [9.17, 15) is 25.5 Å². The van der Waals surface area contributed by atoms with Crippen molar-refractivity contribution in [1.82, 2.24) is 0 Å². The minimum atomic E-state index is 0.175. The lowest BCUT2D eigenvalue weighted by atomic mass is 10.0. The second kappa shape index (κ2) is 14.8. The number of phenolic OH excluding ortho intramolecular Hbond substituents is 5. The largest absolute Gasteiger partial charge is 0.507 e. The van der Waals surface area contributed by atoms with Gasteiger partial charge in [-0.1, -0.05) is 72.8 Å². The standard InChI is InChI=1S/2C12H10O2.C8H11O2PS/c2*13-11-7-3-1-5-9(11)10-6-2-4-8-12(10)14;1-5-2-7(12)3-6(4-10-11)8(5)9/h2*1-8,13-14H;2-3,9,12H,4,11H2,1H3. The highest BCUT2D eigenvalue weighted by molar-refractivity contribution is 7.80. The smallest absolute Gasteiger partial charge is 0.124 e. The van der Waals surface area contributed by atoms with Crippen LogP contribution in [0.25, 0.3) is 22.3 Å². The minimum absolute atomic E-state index is 0.175. The van der Waals surface area contributed by atoms with Gasteiger partial charge in [-0.3, -0.25) is 0 Å². The molecule has 8 heteroatoms. The van der Waals surface area contributed by atoms with Crippen molar-refractivity contribution >= 4 is 22.1 Å². The van der Waals surface area contributed by atoms with Gasteiger partial charge < -0.3 is 30.1 Å². The Morgan fingerprint density at radius 3 is 1.20 bits per heavy atom. The lowest BCUT2D eigenvalue weighted by Crippen LogP contribution is -1.88. The summed E-state index contributed by atoms with van der Waals surface area (Å²) < 4.78 is 4.84. The first-order valence-electron chi connectivity index (χ1n) is 12.2. The summed E-state index contributed by atoms with van der Waals surface area (Å²) in [5.41, 5.74) is 4.15. The van der Waals surface area contributed by atoms with Gasteiger partial charge in [0.2, 0.25) is 0 Å². The Kier molecular flexibility index (Phi) is 11.3. The van der Waals surface area contributed by atoms with E-state index >= 15 is 0 Å². The molecule has 0 heterocycles. The molecule has 0 saturated heterocycles. The third-order valence-corrected chi connectivity index (χ3v) is 6.22. The van der Waals surface area contributed by atoms with Crippen LogP contribution in [0.5, 0.6) is 28.7 Å². The van der Waals surface area contributed by atoms with Crippen LogP contribution in [0.15, 0.2) is 114 Å². The SMILES string of the molecule is Cc1cc(S)cc(COP)c1O.Oc1ccccc1-c1ccccc1O.Oc1ccccc1-c1ccccc1O. The second-order valence-corrected chi connectivity index (χ2v) is 9.50. The van der Waals surface area contributed by atoms with Crippen molar-refractivity contribution in [2.24, 2.45) is 0 Å². The van der Waals surface area contributed by atoms with E-state index in [1.165, 1.54) is 0 Å². The summed E-state index contributed by atoms with van der Waals surface area (Å²) in [5.74, 6) is 0.987.